The SMILES string of the molecule is CCC[C@H](C)B(O)O. The van der Waals surface area contributed by atoms with Gasteiger partial charge < -0.3 is 10.0 Å². The van der Waals surface area contributed by atoms with E-state index < -0.39 is 7.12 Å². The quantitative estimate of drug-likeness (QED) is 0.531. The van der Waals surface area contributed by atoms with Crippen molar-refractivity contribution in [3.8, 4) is 0 Å². The van der Waals surface area contributed by atoms with Crippen LogP contribution in [0.1, 0.15) is 26.7 Å². The molecule has 0 aliphatic heterocycles. The standard InChI is InChI=1S/C5H13BO2/c1-3-4-5(2)6(7)8/h5,7-8H,3-4H2,1-2H3/t5-/m0/s1. The van der Waals surface area contributed by atoms with E-state index in [1.54, 1.807) is 0 Å². The lowest BCUT2D eigenvalue weighted by Crippen LogP contribution is -2.17. The van der Waals surface area contributed by atoms with E-state index in [2.05, 4.69) is 0 Å². The van der Waals surface area contributed by atoms with E-state index in [1.807, 2.05) is 13.8 Å². The molecule has 0 rings (SSSR count). The molecule has 1 atom stereocenters. The number of hydrogen-bond donors (Lipinski definition) is 2. The Morgan fingerprint density at radius 2 is 2.00 bits per heavy atom. The molecule has 0 radical (unpaired) electrons. The van der Waals surface area contributed by atoms with Gasteiger partial charge in [-0.25, -0.2) is 0 Å². The van der Waals surface area contributed by atoms with Gasteiger partial charge in [0.05, 0.1) is 0 Å². The van der Waals surface area contributed by atoms with Gasteiger partial charge in [-0.3, -0.25) is 0 Å². The minimum Gasteiger partial charge on any atom is -0.427 e. The summed E-state index contributed by atoms with van der Waals surface area (Å²) >= 11 is 0. The van der Waals surface area contributed by atoms with Gasteiger partial charge in [0.1, 0.15) is 0 Å². The van der Waals surface area contributed by atoms with Crippen molar-refractivity contribution in [3.63, 3.8) is 0 Å². The van der Waals surface area contributed by atoms with Crippen LogP contribution < -0.4 is 0 Å². The predicted molar refractivity (Wildman–Crippen MR) is 34.5 cm³/mol. The molecule has 0 aliphatic carbocycles. The first-order chi connectivity index (χ1) is 3.68. The summed E-state index contributed by atoms with van der Waals surface area (Å²) in [5.74, 6) is 0.0278. The van der Waals surface area contributed by atoms with Crippen LogP contribution in [0.3, 0.4) is 0 Å². The lowest BCUT2D eigenvalue weighted by atomic mass is 9.72. The minimum absolute atomic E-state index is 0.0278. The molecule has 0 bridgehead atoms. The van der Waals surface area contributed by atoms with Crippen molar-refractivity contribution in [1.29, 1.82) is 0 Å². The molecule has 0 spiro atoms. The van der Waals surface area contributed by atoms with Crippen LogP contribution in [0.4, 0.5) is 0 Å². The Hall–Kier alpha value is -0.0151. The van der Waals surface area contributed by atoms with Gasteiger partial charge in [-0.15, -0.1) is 0 Å². The first-order valence-corrected chi connectivity index (χ1v) is 3.04. The molecule has 0 unspecified atom stereocenters. The Morgan fingerprint density at radius 3 is 2.12 bits per heavy atom. The van der Waals surface area contributed by atoms with Crippen molar-refractivity contribution >= 4 is 7.12 Å². The van der Waals surface area contributed by atoms with Gasteiger partial charge in [-0.1, -0.05) is 26.7 Å². The Labute approximate surface area is 50.7 Å². The third-order valence-electron chi connectivity index (χ3n) is 1.25. The summed E-state index contributed by atoms with van der Waals surface area (Å²) in [5, 5.41) is 17.0. The van der Waals surface area contributed by atoms with E-state index in [0.29, 0.717) is 0 Å². The molecule has 0 aromatic rings. The van der Waals surface area contributed by atoms with Crippen LogP contribution in [0, 0.1) is 0 Å². The first-order valence-electron chi connectivity index (χ1n) is 3.04. The minimum atomic E-state index is -1.13. The molecule has 2 N–H and O–H groups in total. The van der Waals surface area contributed by atoms with Crippen molar-refractivity contribution in [3.05, 3.63) is 0 Å². The molecule has 0 saturated carbocycles. The molecule has 8 heavy (non-hydrogen) atoms. The Kier molecular flexibility index (Phi) is 3.92. The molecular weight excluding hydrogens is 103 g/mol. The summed E-state index contributed by atoms with van der Waals surface area (Å²) in [5.41, 5.74) is 0. The zero-order valence-corrected chi connectivity index (χ0v) is 5.46. The van der Waals surface area contributed by atoms with Gasteiger partial charge in [0.25, 0.3) is 0 Å². The summed E-state index contributed by atoms with van der Waals surface area (Å²) in [4.78, 5) is 0. The lowest BCUT2D eigenvalue weighted by molar-refractivity contribution is 0.383. The van der Waals surface area contributed by atoms with Crippen LogP contribution in [0.25, 0.3) is 0 Å². The van der Waals surface area contributed by atoms with Crippen LogP contribution >= 0.6 is 0 Å². The molecule has 2 nitrogen and oxygen atoms in total. The average molecular weight is 116 g/mol. The molecule has 3 heteroatoms. The fraction of sp³-hybridized carbons (Fsp3) is 1.00. The average Bonchev–Trinajstić information content (AvgIpc) is 1.67. The maximum absolute atomic E-state index is 8.51. The molecule has 48 valence electrons. The van der Waals surface area contributed by atoms with Crippen molar-refractivity contribution in [2.24, 2.45) is 0 Å². The maximum Gasteiger partial charge on any atom is 0.454 e. The fourth-order valence-corrected chi connectivity index (χ4v) is 0.604. The van der Waals surface area contributed by atoms with Gasteiger partial charge in [0, 0.05) is 0 Å². The molecule has 0 heterocycles. The molecular formula is C5H13BO2. The molecule has 0 amide bonds. The van der Waals surface area contributed by atoms with Crippen LogP contribution in [0.15, 0.2) is 0 Å². The zero-order chi connectivity index (χ0) is 6.57. The highest BCUT2D eigenvalue weighted by Crippen LogP contribution is 2.11. The second kappa shape index (κ2) is 3.92. The Morgan fingerprint density at radius 1 is 1.50 bits per heavy atom. The van der Waals surface area contributed by atoms with Gasteiger partial charge >= 0.3 is 7.12 Å². The molecule has 0 aromatic carbocycles. The molecule has 0 fully saturated rings. The Bertz CT molecular complexity index is 56.4. The van der Waals surface area contributed by atoms with Crippen LogP contribution in [0.2, 0.25) is 5.82 Å². The zero-order valence-electron chi connectivity index (χ0n) is 5.46. The molecule has 0 aliphatic rings. The normalized spacial score (nSPS) is 13.5. The highest BCUT2D eigenvalue weighted by molar-refractivity contribution is 6.42. The third-order valence-corrected chi connectivity index (χ3v) is 1.25. The van der Waals surface area contributed by atoms with E-state index in [4.69, 9.17) is 10.0 Å². The summed E-state index contributed by atoms with van der Waals surface area (Å²) < 4.78 is 0. The van der Waals surface area contributed by atoms with Crippen LogP contribution in [-0.2, 0) is 0 Å². The van der Waals surface area contributed by atoms with E-state index in [0.717, 1.165) is 12.8 Å². The number of hydrogen-bond acceptors (Lipinski definition) is 2. The monoisotopic (exact) mass is 116 g/mol. The smallest absolute Gasteiger partial charge is 0.427 e. The molecule has 0 saturated heterocycles. The van der Waals surface area contributed by atoms with Crippen molar-refractivity contribution in [2.45, 2.75) is 32.5 Å². The van der Waals surface area contributed by atoms with Gasteiger partial charge in [-0.2, -0.15) is 0 Å². The van der Waals surface area contributed by atoms with Crippen LogP contribution in [0.5, 0.6) is 0 Å². The summed E-state index contributed by atoms with van der Waals surface area (Å²) in [6, 6.07) is 0. The highest BCUT2D eigenvalue weighted by atomic mass is 16.4. The van der Waals surface area contributed by atoms with Gasteiger partial charge in [0.15, 0.2) is 0 Å². The van der Waals surface area contributed by atoms with Crippen molar-refractivity contribution in [1.82, 2.24) is 0 Å². The number of rotatable bonds is 3. The van der Waals surface area contributed by atoms with Crippen molar-refractivity contribution in [2.75, 3.05) is 0 Å². The van der Waals surface area contributed by atoms with E-state index >= 15 is 0 Å². The fourth-order valence-electron chi connectivity index (χ4n) is 0.604. The van der Waals surface area contributed by atoms with Crippen LogP contribution in [-0.4, -0.2) is 17.2 Å². The van der Waals surface area contributed by atoms with E-state index in [1.165, 1.54) is 0 Å². The Balaban J connectivity index is 3.17. The predicted octanol–water partition coefficient (Wildman–Crippen LogP) is 0.649. The lowest BCUT2D eigenvalue weighted by Gasteiger charge is -2.05. The van der Waals surface area contributed by atoms with Crippen molar-refractivity contribution < 1.29 is 10.0 Å². The topological polar surface area (TPSA) is 40.5 Å². The van der Waals surface area contributed by atoms with Gasteiger partial charge in [0.2, 0.25) is 0 Å². The third kappa shape index (κ3) is 3.05. The second-order valence-electron chi connectivity index (χ2n) is 2.18. The second-order valence-corrected chi connectivity index (χ2v) is 2.18. The van der Waals surface area contributed by atoms with Gasteiger partial charge in [-0.05, 0) is 5.82 Å². The summed E-state index contributed by atoms with van der Waals surface area (Å²) in [6.45, 7) is 3.85. The maximum atomic E-state index is 8.51. The summed E-state index contributed by atoms with van der Waals surface area (Å²) in [6.07, 6.45) is 1.90. The largest absolute Gasteiger partial charge is 0.454 e. The molecule has 0 aromatic heterocycles. The highest BCUT2D eigenvalue weighted by Gasteiger charge is 2.15. The van der Waals surface area contributed by atoms with E-state index in [-0.39, 0.29) is 5.82 Å². The van der Waals surface area contributed by atoms with E-state index in [9.17, 15) is 0 Å². The summed E-state index contributed by atoms with van der Waals surface area (Å²) in [7, 11) is -1.13. The first kappa shape index (κ1) is 7.98.